The van der Waals surface area contributed by atoms with Gasteiger partial charge in [-0.2, -0.15) is 0 Å². The number of nitrogens with one attached hydrogen (secondary N) is 1. The van der Waals surface area contributed by atoms with Gasteiger partial charge >= 0.3 is 0 Å². The highest BCUT2D eigenvalue weighted by atomic mass is 35.5. The summed E-state index contributed by atoms with van der Waals surface area (Å²) >= 11 is 5.72. The van der Waals surface area contributed by atoms with Crippen molar-refractivity contribution < 1.29 is 9.90 Å². The summed E-state index contributed by atoms with van der Waals surface area (Å²) in [5.41, 5.74) is 0.399. The van der Waals surface area contributed by atoms with Crippen LogP contribution in [0.4, 0.5) is 0 Å². The predicted molar refractivity (Wildman–Crippen MR) is 65.5 cm³/mol. The van der Waals surface area contributed by atoms with E-state index in [9.17, 15) is 9.90 Å². The van der Waals surface area contributed by atoms with Crippen LogP contribution in [-0.4, -0.2) is 32.6 Å². The number of rotatable bonds is 4. The average molecular weight is 267 g/mol. The number of hydrogen-bond acceptors (Lipinski definition) is 4. The highest BCUT2D eigenvalue weighted by Gasteiger charge is 2.07. The van der Waals surface area contributed by atoms with Crippen LogP contribution in [0.25, 0.3) is 0 Å². The molecular weight excluding hydrogens is 256 g/mol. The van der Waals surface area contributed by atoms with Crippen LogP contribution in [0.5, 0.6) is 5.75 Å². The number of halogens is 1. The molecule has 0 aliphatic rings. The minimum Gasteiger partial charge on any atom is -0.506 e. The van der Waals surface area contributed by atoms with Gasteiger partial charge < -0.3 is 10.4 Å². The molecule has 0 spiro atoms. The summed E-state index contributed by atoms with van der Waals surface area (Å²) in [4.78, 5) is 11.7. The normalized spacial score (nSPS) is 10.3. The molecule has 0 fully saturated rings. The highest BCUT2D eigenvalue weighted by Crippen LogP contribution is 2.23. The minimum absolute atomic E-state index is 0.0455. The molecule has 0 radical (unpaired) electrons. The molecule has 0 aliphatic carbocycles. The predicted octanol–water partition coefficient (Wildman–Crippen LogP) is 1.07. The lowest BCUT2D eigenvalue weighted by molar-refractivity contribution is 0.0952. The van der Waals surface area contributed by atoms with E-state index in [1.54, 1.807) is 17.1 Å². The number of phenols is 1. The van der Waals surface area contributed by atoms with Gasteiger partial charge in [-0.25, -0.2) is 0 Å². The zero-order valence-corrected chi connectivity index (χ0v) is 10.1. The maximum atomic E-state index is 11.7. The Hall–Kier alpha value is -2.08. The average Bonchev–Trinajstić information content (AvgIpc) is 2.85. The lowest BCUT2D eigenvalue weighted by Crippen LogP contribution is -2.27. The first-order valence-electron chi connectivity index (χ1n) is 5.27. The quantitative estimate of drug-likeness (QED) is 0.867. The van der Waals surface area contributed by atoms with Crippen LogP contribution in [0.15, 0.2) is 30.6 Å². The van der Waals surface area contributed by atoms with E-state index < -0.39 is 0 Å². The molecule has 1 aromatic heterocycles. The van der Waals surface area contributed by atoms with Crippen LogP contribution in [-0.2, 0) is 6.54 Å². The Kier molecular flexibility index (Phi) is 3.78. The van der Waals surface area contributed by atoms with Crippen LogP contribution in [0, 0.1) is 0 Å². The third kappa shape index (κ3) is 2.98. The highest BCUT2D eigenvalue weighted by molar-refractivity contribution is 6.32. The molecule has 6 nitrogen and oxygen atoms in total. The number of carbonyl (C=O) groups is 1. The van der Waals surface area contributed by atoms with Gasteiger partial charge in [0, 0.05) is 18.3 Å². The van der Waals surface area contributed by atoms with Crippen molar-refractivity contribution in [2.45, 2.75) is 6.54 Å². The van der Waals surface area contributed by atoms with Crippen molar-refractivity contribution in [3.63, 3.8) is 0 Å². The maximum absolute atomic E-state index is 11.7. The molecule has 1 amide bonds. The van der Waals surface area contributed by atoms with E-state index in [2.05, 4.69) is 15.6 Å². The number of aromatic nitrogens is 3. The monoisotopic (exact) mass is 266 g/mol. The molecular formula is C11H11ClN4O2. The first kappa shape index (κ1) is 12.4. The number of aromatic hydroxyl groups is 1. The Labute approximate surface area is 108 Å². The van der Waals surface area contributed by atoms with Crippen molar-refractivity contribution >= 4 is 17.5 Å². The van der Waals surface area contributed by atoms with Gasteiger partial charge in [0.2, 0.25) is 0 Å². The van der Waals surface area contributed by atoms with E-state index in [1.165, 1.54) is 18.2 Å². The lowest BCUT2D eigenvalue weighted by atomic mass is 10.2. The Bertz CT molecular complexity index is 542. The molecule has 0 atom stereocenters. The van der Waals surface area contributed by atoms with E-state index in [0.29, 0.717) is 18.7 Å². The Balaban J connectivity index is 1.89. The van der Waals surface area contributed by atoms with Crippen molar-refractivity contribution in [3.8, 4) is 5.75 Å². The van der Waals surface area contributed by atoms with E-state index >= 15 is 0 Å². The lowest BCUT2D eigenvalue weighted by Gasteiger charge is -2.06. The second-order valence-corrected chi connectivity index (χ2v) is 4.00. The van der Waals surface area contributed by atoms with Crippen molar-refractivity contribution in [2.75, 3.05) is 6.54 Å². The molecule has 7 heteroatoms. The Morgan fingerprint density at radius 3 is 3.00 bits per heavy atom. The van der Waals surface area contributed by atoms with Gasteiger partial charge in [0.25, 0.3) is 5.91 Å². The smallest absolute Gasteiger partial charge is 0.251 e. The summed E-state index contributed by atoms with van der Waals surface area (Å²) in [5.74, 6) is -0.298. The van der Waals surface area contributed by atoms with E-state index in [1.807, 2.05) is 0 Å². The van der Waals surface area contributed by atoms with Crippen LogP contribution < -0.4 is 5.32 Å². The van der Waals surface area contributed by atoms with Crippen LogP contribution in [0.3, 0.4) is 0 Å². The summed E-state index contributed by atoms with van der Waals surface area (Å²) in [6.45, 7) is 0.970. The fourth-order valence-corrected chi connectivity index (χ4v) is 1.57. The topological polar surface area (TPSA) is 80.0 Å². The fraction of sp³-hybridized carbons (Fsp3) is 0.182. The molecule has 2 rings (SSSR count). The third-order valence-electron chi connectivity index (χ3n) is 2.31. The number of nitrogens with zero attached hydrogens (tertiary/aromatic N) is 3. The molecule has 0 saturated heterocycles. The first-order valence-corrected chi connectivity index (χ1v) is 5.65. The number of benzene rings is 1. The molecule has 2 N–H and O–H groups in total. The summed E-state index contributed by atoms with van der Waals surface area (Å²) in [6.07, 6.45) is 3.28. The fourth-order valence-electron chi connectivity index (χ4n) is 1.39. The van der Waals surface area contributed by atoms with Gasteiger partial charge in [-0.05, 0) is 18.2 Å². The summed E-state index contributed by atoms with van der Waals surface area (Å²) in [5, 5.41) is 19.5. The number of phenolic OH excluding ortho intramolecular Hbond substituents is 1. The van der Waals surface area contributed by atoms with Gasteiger partial charge in [0.1, 0.15) is 5.75 Å². The van der Waals surface area contributed by atoms with Gasteiger partial charge in [-0.3, -0.25) is 9.48 Å². The molecule has 1 heterocycles. The Morgan fingerprint density at radius 1 is 1.50 bits per heavy atom. The number of carbonyl (C=O) groups excluding carboxylic acids is 1. The van der Waals surface area contributed by atoms with Gasteiger partial charge in [-0.1, -0.05) is 16.8 Å². The van der Waals surface area contributed by atoms with Crippen LogP contribution in [0.1, 0.15) is 10.4 Å². The van der Waals surface area contributed by atoms with E-state index in [0.717, 1.165) is 0 Å². The second kappa shape index (κ2) is 5.50. The zero-order valence-electron chi connectivity index (χ0n) is 9.38. The standard InChI is InChI=1S/C11H11ClN4O2/c12-9-7-8(1-2-10(9)17)11(18)13-3-5-16-6-4-14-15-16/h1-2,4,6-7,17H,3,5H2,(H,13,18). The molecule has 0 aliphatic heterocycles. The molecule has 2 aromatic rings. The minimum atomic E-state index is -0.253. The summed E-state index contributed by atoms with van der Waals surface area (Å²) in [6, 6.07) is 4.31. The molecule has 18 heavy (non-hydrogen) atoms. The molecule has 0 saturated carbocycles. The van der Waals surface area contributed by atoms with Crippen molar-refractivity contribution in [3.05, 3.63) is 41.2 Å². The summed E-state index contributed by atoms with van der Waals surface area (Å²) < 4.78 is 1.62. The second-order valence-electron chi connectivity index (χ2n) is 3.59. The van der Waals surface area contributed by atoms with Gasteiger partial charge in [-0.15, -0.1) is 5.10 Å². The molecule has 1 aromatic carbocycles. The van der Waals surface area contributed by atoms with Crippen LogP contribution in [0.2, 0.25) is 5.02 Å². The third-order valence-corrected chi connectivity index (χ3v) is 2.61. The maximum Gasteiger partial charge on any atom is 0.251 e. The van der Waals surface area contributed by atoms with E-state index in [-0.39, 0.29) is 16.7 Å². The molecule has 94 valence electrons. The number of amides is 1. The molecule has 0 unspecified atom stereocenters. The summed E-state index contributed by atoms with van der Waals surface area (Å²) in [7, 11) is 0. The van der Waals surface area contributed by atoms with Crippen molar-refractivity contribution in [2.24, 2.45) is 0 Å². The van der Waals surface area contributed by atoms with E-state index in [4.69, 9.17) is 11.6 Å². The van der Waals surface area contributed by atoms with Gasteiger partial charge in [0.05, 0.1) is 17.8 Å². The largest absolute Gasteiger partial charge is 0.506 e. The number of hydrogen-bond donors (Lipinski definition) is 2. The van der Waals surface area contributed by atoms with Gasteiger partial charge in [0.15, 0.2) is 0 Å². The van der Waals surface area contributed by atoms with Crippen molar-refractivity contribution in [1.82, 2.24) is 20.3 Å². The Morgan fingerprint density at radius 2 is 2.33 bits per heavy atom. The van der Waals surface area contributed by atoms with Crippen LogP contribution >= 0.6 is 11.6 Å². The zero-order chi connectivity index (χ0) is 13.0. The van der Waals surface area contributed by atoms with Crippen molar-refractivity contribution in [1.29, 1.82) is 0 Å². The SMILES string of the molecule is O=C(NCCn1ccnn1)c1ccc(O)c(Cl)c1. The first-order chi connectivity index (χ1) is 8.66. The molecule has 0 bridgehead atoms.